The molecule has 0 unspecified atom stereocenters. The zero-order chi connectivity index (χ0) is 15.6. The van der Waals surface area contributed by atoms with Crippen molar-refractivity contribution in [3.8, 4) is 0 Å². The summed E-state index contributed by atoms with van der Waals surface area (Å²) >= 11 is 3.54. The summed E-state index contributed by atoms with van der Waals surface area (Å²) in [6.45, 7) is 9.38. The van der Waals surface area contributed by atoms with Crippen LogP contribution in [0.25, 0.3) is 0 Å². The van der Waals surface area contributed by atoms with Gasteiger partial charge in [-0.25, -0.2) is 0 Å². The summed E-state index contributed by atoms with van der Waals surface area (Å²) in [4.78, 5) is 15.9. The first kappa shape index (κ1) is 16.3. The number of likely N-dealkylation sites (N-methyl/N-ethyl adjacent to an activating group) is 1. The highest BCUT2D eigenvalue weighted by Gasteiger charge is 2.23. The first-order valence-electron chi connectivity index (χ1n) is 7.28. The van der Waals surface area contributed by atoms with Crippen molar-refractivity contribution in [2.75, 3.05) is 31.6 Å². The van der Waals surface area contributed by atoms with Crippen molar-refractivity contribution in [1.82, 2.24) is 10.2 Å². The molecule has 0 saturated carbocycles. The van der Waals surface area contributed by atoms with Gasteiger partial charge in [0, 0.05) is 42.4 Å². The molecule has 1 N–H and O–H groups in total. The molecule has 1 aromatic rings. The molecule has 1 fully saturated rings. The zero-order valence-electron chi connectivity index (χ0n) is 13.2. The lowest BCUT2D eigenvalue weighted by atomic mass is 10.1. The summed E-state index contributed by atoms with van der Waals surface area (Å²) in [5.41, 5.74) is 2.44. The van der Waals surface area contributed by atoms with E-state index in [4.69, 9.17) is 0 Å². The molecule has 1 aliphatic rings. The van der Waals surface area contributed by atoms with E-state index in [1.807, 2.05) is 7.05 Å². The maximum Gasteiger partial charge on any atom is 0.241 e. The normalized spacial score (nSPS) is 16.5. The molecule has 21 heavy (non-hydrogen) atoms. The maximum absolute atomic E-state index is 11.9. The number of nitrogens with zero attached hydrogens (tertiary/aromatic N) is 2. The predicted molar refractivity (Wildman–Crippen MR) is 90.6 cm³/mol. The molecule has 116 valence electrons. The third-order valence-corrected chi connectivity index (χ3v) is 4.15. The molecular weight excluding hydrogens is 330 g/mol. The van der Waals surface area contributed by atoms with E-state index in [0.29, 0.717) is 6.54 Å². The molecule has 4 nitrogen and oxygen atoms in total. The molecule has 0 atom stereocenters. The van der Waals surface area contributed by atoms with Gasteiger partial charge in [0.2, 0.25) is 5.91 Å². The van der Waals surface area contributed by atoms with Crippen LogP contribution in [0, 0.1) is 0 Å². The van der Waals surface area contributed by atoms with Crippen molar-refractivity contribution >= 4 is 27.5 Å². The van der Waals surface area contributed by atoms with Gasteiger partial charge in [0.25, 0.3) is 0 Å². The van der Waals surface area contributed by atoms with Gasteiger partial charge in [-0.2, -0.15) is 0 Å². The van der Waals surface area contributed by atoms with Gasteiger partial charge >= 0.3 is 0 Å². The van der Waals surface area contributed by atoms with Gasteiger partial charge in [0.1, 0.15) is 0 Å². The minimum atomic E-state index is 0.0717. The van der Waals surface area contributed by atoms with Crippen molar-refractivity contribution in [3.05, 3.63) is 28.2 Å². The van der Waals surface area contributed by atoms with Gasteiger partial charge < -0.3 is 15.1 Å². The van der Waals surface area contributed by atoms with Crippen LogP contribution in [0.1, 0.15) is 26.3 Å². The lowest BCUT2D eigenvalue weighted by molar-refractivity contribution is -0.129. The highest BCUT2D eigenvalue weighted by molar-refractivity contribution is 9.10. The lowest BCUT2D eigenvalue weighted by Gasteiger charge is -2.35. The topological polar surface area (TPSA) is 35.6 Å². The Kier molecular flexibility index (Phi) is 4.94. The first-order chi connectivity index (χ1) is 9.76. The Morgan fingerprint density at radius 1 is 1.29 bits per heavy atom. The third-order valence-electron chi connectivity index (χ3n) is 3.65. The Bertz CT molecular complexity index is 525. The van der Waals surface area contributed by atoms with Gasteiger partial charge in [0.15, 0.2) is 0 Å². The molecular formula is C16H24BrN3O. The quantitative estimate of drug-likeness (QED) is 0.907. The van der Waals surface area contributed by atoms with Gasteiger partial charge in [-0.05, 0) is 38.5 Å². The van der Waals surface area contributed by atoms with Crippen molar-refractivity contribution in [2.45, 2.75) is 32.9 Å². The minimum absolute atomic E-state index is 0.0717. The molecule has 1 aromatic carbocycles. The van der Waals surface area contributed by atoms with Crippen LogP contribution in [0.5, 0.6) is 0 Å². The van der Waals surface area contributed by atoms with E-state index < -0.39 is 0 Å². The fourth-order valence-electron chi connectivity index (χ4n) is 2.31. The van der Waals surface area contributed by atoms with Gasteiger partial charge in [-0.3, -0.25) is 4.79 Å². The van der Waals surface area contributed by atoms with Crippen molar-refractivity contribution in [1.29, 1.82) is 0 Å². The fourth-order valence-corrected chi connectivity index (χ4v) is 2.65. The molecule has 0 spiro atoms. The number of amides is 1. The number of carbonyl (C=O) groups is 1. The van der Waals surface area contributed by atoms with E-state index in [9.17, 15) is 4.79 Å². The average Bonchev–Trinajstić information content (AvgIpc) is 2.39. The number of anilines is 1. The first-order valence-corrected chi connectivity index (χ1v) is 8.08. The maximum atomic E-state index is 11.9. The number of hydrogen-bond donors (Lipinski definition) is 1. The standard InChI is InChI=1S/C16H24BrN3O/c1-16(2,3)18-10-12-5-6-13(17)9-14(12)20-8-7-19(4)15(21)11-20/h5-6,9,18H,7-8,10-11H2,1-4H3. The zero-order valence-corrected chi connectivity index (χ0v) is 14.8. The number of piperazine rings is 1. The second-order valence-electron chi connectivity index (χ2n) is 6.61. The molecule has 1 aliphatic heterocycles. The lowest BCUT2D eigenvalue weighted by Crippen LogP contribution is -2.49. The van der Waals surface area contributed by atoms with Gasteiger partial charge in [-0.1, -0.05) is 22.0 Å². The Labute approximate surface area is 135 Å². The van der Waals surface area contributed by atoms with E-state index in [1.54, 1.807) is 4.90 Å². The van der Waals surface area contributed by atoms with Crippen LogP contribution in [0.2, 0.25) is 0 Å². The largest absolute Gasteiger partial charge is 0.360 e. The summed E-state index contributed by atoms with van der Waals surface area (Å²) < 4.78 is 1.04. The Morgan fingerprint density at radius 3 is 2.62 bits per heavy atom. The second kappa shape index (κ2) is 6.36. The van der Waals surface area contributed by atoms with Gasteiger partial charge in [-0.15, -0.1) is 0 Å². The van der Waals surface area contributed by atoms with Crippen LogP contribution in [-0.4, -0.2) is 43.0 Å². The number of carbonyl (C=O) groups excluding carboxylic acids is 1. The van der Waals surface area contributed by atoms with Gasteiger partial charge in [0.05, 0.1) is 6.54 Å². The van der Waals surface area contributed by atoms with Crippen molar-refractivity contribution < 1.29 is 4.79 Å². The number of halogens is 1. The Balaban J connectivity index is 2.21. The highest BCUT2D eigenvalue weighted by atomic mass is 79.9. The number of hydrogen-bond acceptors (Lipinski definition) is 3. The number of nitrogens with one attached hydrogen (secondary N) is 1. The van der Waals surface area contributed by atoms with Crippen LogP contribution in [0.4, 0.5) is 5.69 Å². The summed E-state index contributed by atoms with van der Waals surface area (Å²) in [6.07, 6.45) is 0. The minimum Gasteiger partial charge on any atom is -0.360 e. The molecule has 0 aromatic heterocycles. The summed E-state index contributed by atoms with van der Waals surface area (Å²) in [5, 5.41) is 3.52. The molecule has 0 bridgehead atoms. The summed E-state index contributed by atoms with van der Waals surface area (Å²) in [7, 11) is 1.86. The van der Waals surface area contributed by atoms with E-state index in [-0.39, 0.29) is 11.4 Å². The predicted octanol–water partition coefficient (Wildman–Crippen LogP) is 2.62. The monoisotopic (exact) mass is 353 g/mol. The molecule has 0 radical (unpaired) electrons. The van der Waals surface area contributed by atoms with Crippen LogP contribution in [-0.2, 0) is 11.3 Å². The van der Waals surface area contributed by atoms with Crippen LogP contribution in [0.15, 0.2) is 22.7 Å². The van der Waals surface area contributed by atoms with Crippen molar-refractivity contribution in [2.24, 2.45) is 0 Å². The highest BCUT2D eigenvalue weighted by Crippen LogP contribution is 2.26. The molecule has 1 amide bonds. The van der Waals surface area contributed by atoms with Crippen LogP contribution in [0.3, 0.4) is 0 Å². The molecule has 0 aliphatic carbocycles. The second-order valence-corrected chi connectivity index (χ2v) is 7.53. The Hall–Kier alpha value is -1.07. The van der Waals surface area contributed by atoms with Crippen molar-refractivity contribution in [3.63, 3.8) is 0 Å². The molecule has 1 saturated heterocycles. The van der Waals surface area contributed by atoms with E-state index in [1.165, 1.54) is 5.56 Å². The smallest absolute Gasteiger partial charge is 0.241 e. The van der Waals surface area contributed by atoms with E-state index in [2.05, 4.69) is 65.1 Å². The Morgan fingerprint density at radius 2 is 2.00 bits per heavy atom. The summed E-state index contributed by atoms with van der Waals surface area (Å²) in [6, 6.07) is 6.29. The van der Waals surface area contributed by atoms with E-state index >= 15 is 0 Å². The average molecular weight is 354 g/mol. The summed E-state index contributed by atoms with van der Waals surface area (Å²) in [5.74, 6) is 0.177. The van der Waals surface area contributed by atoms with E-state index in [0.717, 1.165) is 29.8 Å². The number of benzene rings is 1. The van der Waals surface area contributed by atoms with Crippen LogP contribution >= 0.6 is 15.9 Å². The molecule has 5 heteroatoms. The fraction of sp³-hybridized carbons (Fsp3) is 0.562. The SMILES string of the molecule is CN1CCN(c2cc(Br)ccc2CNC(C)(C)C)CC1=O. The number of rotatable bonds is 3. The molecule has 1 heterocycles. The third kappa shape index (κ3) is 4.45. The van der Waals surface area contributed by atoms with Crippen LogP contribution < -0.4 is 10.2 Å². The molecule has 2 rings (SSSR count).